The van der Waals surface area contributed by atoms with Crippen LogP contribution < -0.4 is 4.72 Å². The Kier molecular flexibility index (Phi) is 3.36. The van der Waals surface area contributed by atoms with Crippen molar-refractivity contribution in [2.75, 3.05) is 4.72 Å². The van der Waals surface area contributed by atoms with Crippen LogP contribution in [0.15, 0.2) is 22.5 Å². The fourth-order valence-corrected chi connectivity index (χ4v) is 3.97. The Hall–Kier alpha value is -1.47. The van der Waals surface area contributed by atoms with Gasteiger partial charge in [-0.15, -0.1) is 11.3 Å². The summed E-state index contributed by atoms with van der Waals surface area (Å²) in [5.74, 6) is 0.311. The molecule has 0 fully saturated rings. The summed E-state index contributed by atoms with van der Waals surface area (Å²) >= 11 is 1.15. The predicted octanol–water partition coefficient (Wildman–Crippen LogP) is 2.26. The minimum Gasteiger partial charge on any atom is -0.263 e. The maximum absolute atomic E-state index is 12.1. The minimum atomic E-state index is -3.59. The average Bonchev–Trinajstić information content (AvgIpc) is 2.62. The lowest BCUT2D eigenvalue weighted by Gasteiger charge is -2.05. The van der Waals surface area contributed by atoms with Gasteiger partial charge in [0.15, 0.2) is 4.21 Å². The fourth-order valence-electron chi connectivity index (χ4n) is 1.47. The van der Waals surface area contributed by atoms with Gasteiger partial charge in [0.25, 0.3) is 10.0 Å². The summed E-state index contributed by atoms with van der Waals surface area (Å²) < 4.78 is 27.0. The van der Waals surface area contributed by atoms with E-state index in [0.29, 0.717) is 11.5 Å². The second kappa shape index (κ2) is 4.66. The van der Waals surface area contributed by atoms with Crippen LogP contribution in [-0.4, -0.2) is 18.4 Å². The van der Waals surface area contributed by atoms with Gasteiger partial charge >= 0.3 is 0 Å². The number of anilines is 1. The molecule has 96 valence electrons. The van der Waals surface area contributed by atoms with Gasteiger partial charge < -0.3 is 0 Å². The Balaban J connectivity index is 2.33. The number of thiazole rings is 1. The topological polar surface area (TPSA) is 72.0 Å². The number of pyridine rings is 1. The zero-order valence-electron chi connectivity index (χ0n) is 10.3. The van der Waals surface area contributed by atoms with E-state index in [1.807, 2.05) is 6.92 Å². The molecule has 7 heteroatoms. The molecule has 0 bridgehead atoms. The van der Waals surface area contributed by atoms with Gasteiger partial charge in [0.2, 0.25) is 0 Å². The SMILES string of the molecule is Cc1ccc(NS(=O)(=O)c2sc(C)nc2C)nc1. The zero-order valence-corrected chi connectivity index (χ0v) is 11.9. The van der Waals surface area contributed by atoms with Gasteiger partial charge in [-0.25, -0.2) is 18.4 Å². The number of aromatic nitrogens is 2. The smallest absolute Gasteiger partial charge is 0.263 e. The molecule has 0 aliphatic rings. The van der Waals surface area contributed by atoms with Gasteiger partial charge in [0.1, 0.15) is 5.82 Å². The van der Waals surface area contributed by atoms with Gasteiger partial charge in [-0.2, -0.15) is 0 Å². The lowest BCUT2D eigenvalue weighted by molar-refractivity contribution is 0.602. The Bertz CT molecular complexity index is 660. The molecule has 2 aromatic heterocycles. The van der Waals surface area contributed by atoms with E-state index in [9.17, 15) is 8.42 Å². The number of hydrogen-bond acceptors (Lipinski definition) is 5. The van der Waals surface area contributed by atoms with E-state index < -0.39 is 10.0 Å². The average molecular weight is 283 g/mol. The van der Waals surface area contributed by atoms with Gasteiger partial charge in [0.05, 0.1) is 10.7 Å². The molecule has 2 heterocycles. The molecule has 0 radical (unpaired) electrons. The largest absolute Gasteiger partial charge is 0.274 e. The normalized spacial score (nSPS) is 11.5. The highest BCUT2D eigenvalue weighted by atomic mass is 32.2. The van der Waals surface area contributed by atoms with Gasteiger partial charge in [0, 0.05) is 6.20 Å². The molecule has 18 heavy (non-hydrogen) atoms. The predicted molar refractivity (Wildman–Crippen MR) is 71.4 cm³/mol. The lowest BCUT2D eigenvalue weighted by Crippen LogP contribution is -2.13. The van der Waals surface area contributed by atoms with E-state index in [0.717, 1.165) is 21.9 Å². The highest BCUT2D eigenvalue weighted by molar-refractivity contribution is 7.94. The standard InChI is InChI=1S/C11H13N3O2S2/c1-7-4-5-10(12-6-7)14-18(15,16)11-8(2)13-9(3)17-11/h4-6H,1-3H3,(H,12,14). The van der Waals surface area contributed by atoms with Crippen LogP contribution in [0.4, 0.5) is 5.82 Å². The fraction of sp³-hybridized carbons (Fsp3) is 0.273. The molecule has 0 amide bonds. The number of hydrogen-bond donors (Lipinski definition) is 1. The Morgan fingerprint density at radius 2 is 1.94 bits per heavy atom. The van der Waals surface area contributed by atoms with Crippen molar-refractivity contribution < 1.29 is 8.42 Å². The van der Waals surface area contributed by atoms with Crippen molar-refractivity contribution in [2.24, 2.45) is 0 Å². The first-order chi connectivity index (χ1) is 8.38. The minimum absolute atomic E-state index is 0.238. The molecule has 0 aliphatic heterocycles. The van der Waals surface area contributed by atoms with Crippen LogP contribution in [-0.2, 0) is 10.0 Å². The second-order valence-corrected chi connectivity index (χ2v) is 7.01. The van der Waals surface area contributed by atoms with Crippen molar-refractivity contribution in [1.29, 1.82) is 0 Å². The molecule has 0 saturated carbocycles. The summed E-state index contributed by atoms with van der Waals surface area (Å²) in [6, 6.07) is 3.44. The molecule has 0 unspecified atom stereocenters. The highest BCUT2D eigenvalue weighted by Gasteiger charge is 2.21. The van der Waals surface area contributed by atoms with Gasteiger partial charge in [-0.05, 0) is 32.4 Å². The zero-order chi connectivity index (χ0) is 13.3. The summed E-state index contributed by atoms with van der Waals surface area (Å²) in [5.41, 5.74) is 1.49. The van der Waals surface area contributed by atoms with Crippen LogP contribution in [0.5, 0.6) is 0 Å². The van der Waals surface area contributed by atoms with E-state index in [2.05, 4.69) is 14.7 Å². The maximum atomic E-state index is 12.1. The summed E-state index contributed by atoms with van der Waals surface area (Å²) in [6.07, 6.45) is 1.61. The molecular formula is C11H13N3O2S2. The van der Waals surface area contributed by atoms with Crippen molar-refractivity contribution in [3.05, 3.63) is 34.6 Å². The Labute approximate surface area is 110 Å². The number of nitrogens with one attached hydrogen (secondary N) is 1. The molecule has 5 nitrogen and oxygen atoms in total. The number of aryl methyl sites for hydroxylation is 3. The summed E-state index contributed by atoms with van der Waals surface area (Å²) in [4.78, 5) is 8.13. The molecule has 0 atom stereocenters. The quantitative estimate of drug-likeness (QED) is 0.938. The molecule has 0 aromatic carbocycles. The van der Waals surface area contributed by atoms with E-state index >= 15 is 0 Å². The van der Waals surface area contributed by atoms with E-state index in [-0.39, 0.29) is 4.21 Å². The van der Waals surface area contributed by atoms with Crippen LogP contribution in [0.3, 0.4) is 0 Å². The van der Waals surface area contributed by atoms with Gasteiger partial charge in [-0.1, -0.05) is 6.07 Å². The van der Waals surface area contributed by atoms with Crippen LogP contribution >= 0.6 is 11.3 Å². The first-order valence-corrected chi connectivity index (χ1v) is 7.58. The van der Waals surface area contributed by atoms with Crippen LogP contribution in [0, 0.1) is 20.8 Å². The Morgan fingerprint density at radius 3 is 2.44 bits per heavy atom. The summed E-state index contributed by atoms with van der Waals surface area (Å²) in [7, 11) is -3.59. The maximum Gasteiger partial charge on any atom is 0.274 e. The molecule has 1 N–H and O–H groups in total. The highest BCUT2D eigenvalue weighted by Crippen LogP contribution is 2.24. The van der Waals surface area contributed by atoms with E-state index in [1.54, 1.807) is 32.2 Å². The molecular weight excluding hydrogens is 270 g/mol. The monoisotopic (exact) mass is 283 g/mol. The molecule has 0 aliphatic carbocycles. The number of sulfonamides is 1. The summed E-state index contributed by atoms with van der Waals surface area (Å²) in [6.45, 7) is 5.35. The van der Waals surface area contributed by atoms with Crippen LogP contribution in [0.2, 0.25) is 0 Å². The third-order valence-corrected chi connectivity index (χ3v) is 5.29. The van der Waals surface area contributed by atoms with E-state index in [4.69, 9.17) is 0 Å². The third-order valence-electron chi connectivity index (χ3n) is 2.26. The second-order valence-electron chi connectivity index (χ2n) is 3.93. The van der Waals surface area contributed by atoms with Crippen LogP contribution in [0.25, 0.3) is 0 Å². The van der Waals surface area contributed by atoms with Crippen molar-refractivity contribution >= 4 is 27.2 Å². The third kappa shape index (κ3) is 2.68. The first-order valence-electron chi connectivity index (χ1n) is 5.28. The first kappa shape index (κ1) is 13.0. The number of rotatable bonds is 3. The summed E-state index contributed by atoms with van der Waals surface area (Å²) in [5, 5.41) is 0.727. The van der Waals surface area contributed by atoms with Crippen molar-refractivity contribution in [2.45, 2.75) is 25.0 Å². The van der Waals surface area contributed by atoms with Gasteiger partial charge in [-0.3, -0.25) is 4.72 Å². The van der Waals surface area contributed by atoms with Crippen molar-refractivity contribution in [1.82, 2.24) is 9.97 Å². The lowest BCUT2D eigenvalue weighted by atomic mass is 10.3. The van der Waals surface area contributed by atoms with E-state index in [1.165, 1.54) is 0 Å². The molecule has 2 rings (SSSR count). The molecule has 0 saturated heterocycles. The van der Waals surface area contributed by atoms with Crippen molar-refractivity contribution in [3.63, 3.8) is 0 Å². The molecule has 2 aromatic rings. The van der Waals surface area contributed by atoms with Crippen molar-refractivity contribution in [3.8, 4) is 0 Å². The molecule has 0 spiro atoms. The Morgan fingerprint density at radius 1 is 1.22 bits per heavy atom. The van der Waals surface area contributed by atoms with Crippen LogP contribution in [0.1, 0.15) is 16.3 Å². The number of nitrogens with zero attached hydrogens (tertiary/aromatic N) is 2.